The summed E-state index contributed by atoms with van der Waals surface area (Å²) in [5, 5.41) is 1.03. The van der Waals surface area contributed by atoms with Gasteiger partial charge in [0.2, 0.25) is 0 Å². The molecule has 0 unspecified atom stereocenters. The molecule has 0 nitrogen and oxygen atoms in total. The maximum atomic E-state index is 13.3. The maximum Gasteiger partial charge on any atom is 0.124 e. The van der Waals surface area contributed by atoms with E-state index in [0.29, 0.717) is 15.1 Å². The molecule has 0 radical (unpaired) electrons. The summed E-state index contributed by atoms with van der Waals surface area (Å²) in [5.41, 5.74) is 2.30. The van der Waals surface area contributed by atoms with Gasteiger partial charge in [0.15, 0.2) is 0 Å². The normalized spacial score (nSPS) is 10.6. The zero-order valence-electron chi connectivity index (χ0n) is 8.90. The molecule has 2 aromatic rings. The molecule has 0 amide bonds. The summed E-state index contributed by atoms with van der Waals surface area (Å²) in [6.07, 6.45) is 0. The van der Waals surface area contributed by atoms with Crippen molar-refractivity contribution in [3.63, 3.8) is 0 Å². The van der Waals surface area contributed by atoms with Gasteiger partial charge in [-0.05, 0) is 47.9 Å². The fourth-order valence-electron chi connectivity index (χ4n) is 1.63. The molecule has 2 rings (SSSR count). The summed E-state index contributed by atoms with van der Waals surface area (Å²) >= 11 is 17.7. The van der Waals surface area contributed by atoms with Crippen LogP contribution >= 0.6 is 34.8 Å². The van der Waals surface area contributed by atoms with Crippen LogP contribution in [0.3, 0.4) is 0 Å². The number of hydrogen-bond donors (Lipinski definition) is 0. The second-order valence-corrected chi connectivity index (χ2v) is 4.96. The summed E-state index contributed by atoms with van der Waals surface area (Å²) < 4.78 is 13.3. The molecule has 0 aliphatic rings. The molecule has 2 aromatic carbocycles. The van der Waals surface area contributed by atoms with Crippen molar-refractivity contribution in [2.45, 2.75) is 6.92 Å². The molecule has 17 heavy (non-hydrogen) atoms. The molecule has 4 heteroatoms. The lowest BCUT2D eigenvalue weighted by molar-refractivity contribution is 0.627. The van der Waals surface area contributed by atoms with Gasteiger partial charge in [0.1, 0.15) is 5.82 Å². The molecule has 0 bridgehead atoms. The molecule has 0 atom stereocenters. The predicted molar refractivity (Wildman–Crippen MR) is 71.6 cm³/mol. The number of halogens is 4. The molecular formula is C13H8Cl3F. The Morgan fingerprint density at radius 3 is 1.88 bits per heavy atom. The fourth-order valence-corrected chi connectivity index (χ4v) is 2.22. The van der Waals surface area contributed by atoms with Crippen LogP contribution in [0.2, 0.25) is 15.1 Å². The van der Waals surface area contributed by atoms with Crippen molar-refractivity contribution in [3.8, 4) is 11.1 Å². The largest absolute Gasteiger partial charge is 0.207 e. The lowest BCUT2D eigenvalue weighted by atomic mass is 10.0. The van der Waals surface area contributed by atoms with Gasteiger partial charge in [-0.25, -0.2) is 4.39 Å². The van der Waals surface area contributed by atoms with E-state index in [-0.39, 0.29) is 5.82 Å². The second-order valence-electron chi connectivity index (χ2n) is 3.77. The van der Waals surface area contributed by atoms with Crippen molar-refractivity contribution in [2.75, 3.05) is 0 Å². The molecule has 0 N–H and O–H groups in total. The summed E-state index contributed by atoms with van der Waals surface area (Å²) in [5.74, 6) is -0.290. The minimum absolute atomic E-state index is 0.290. The third-order valence-corrected chi connectivity index (χ3v) is 3.56. The maximum absolute atomic E-state index is 13.3. The second kappa shape index (κ2) is 4.85. The van der Waals surface area contributed by atoms with E-state index in [1.54, 1.807) is 12.1 Å². The van der Waals surface area contributed by atoms with Gasteiger partial charge in [0.25, 0.3) is 0 Å². The van der Waals surface area contributed by atoms with E-state index < -0.39 is 0 Å². The first-order valence-electron chi connectivity index (χ1n) is 4.89. The van der Waals surface area contributed by atoms with Gasteiger partial charge in [-0.3, -0.25) is 0 Å². The van der Waals surface area contributed by atoms with Crippen LogP contribution in [0.1, 0.15) is 5.56 Å². The lowest BCUT2D eigenvalue weighted by Crippen LogP contribution is -1.84. The zero-order valence-corrected chi connectivity index (χ0v) is 11.2. The first kappa shape index (κ1) is 12.7. The quantitative estimate of drug-likeness (QED) is 0.585. The summed E-state index contributed by atoms with van der Waals surface area (Å²) in [6, 6.07) is 8.10. The third kappa shape index (κ3) is 2.74. The average molecular weight is 290 g/mol. The van der Waals surface area contributed by atoms with Crippen LogP contribution in [-0.2, 0) is 0 Å². The number of aryl methyl sites for hydroxylation is 1. The SMILES string of the molecule is Cc1cc(F)cc(-c2cc(Cl)c(Cl)c(Cl)c2)c1. The molecule has 0 saturated heterocycles. The van der Waals surface area contributed by atoms with Crippen LogP contribution in [0.25, 0.3) is 11.1 Å². The summed E-state index contributed by atoms with van der Waals surface area (Å²) in [7, 11) is 0. The smallest absolute Gasteiger partial charge is 0.124 e. The Hall–Kier alpha value is -0.760. The van der Waals surface area contributed by atoms with Crippen molar-refractivity contribution in [1.29, 1.82) is 0 Å². The van der Waals surface area contributed by atoms with Crippen molar-refractivity contribution in [1.82, 2.24) is 0 Å². The summed E-state index contributed by atoms with van der Waals surface area (Å²) in [6.45, 7) is 1.83. The number of hydrogen-bond acceptors (Lipinski definition) is 0. The standard InChI is InChI=1S/C13H8Cl3F/c1-7-2-8(4-10(17)3-7)9-5-11(14)13(16)12(15)6-9/h2-6H,1H3. The van der Waals surface area contributed by atoms with Gasteiger partial charge in [0.05, 0.1) is 15.1 Å². The molecule has 0 saturated carbocycles. The number of benzene rings is 2. The van der Waals surface area contributed by atoms with Crippen LogP contribution in [0, 0.1) is 12.7 Å². The minimum atomic E-state index is -0.290. The van der Waals surface area contributed by atoms with Gasteiger partial charge in [-0.1, -0.05) is 40.9 Å². The van der Waals surface area contributed by atoms with E-state index in [2.05, 4.69) is 0 Å². The Labute approximate surface area is 114 Å². The Morgan fingerprint density at radius 1 is 0.824 bits per heavy atom. The number of rotatable bonds is 1. The molecule has 0 aromatic heterocycles. The van der Waals surface area contributed by atoms with E-state index in [9.17, 15) is 4.39 Å². The Bertz CT molecular complexity index is 536. The lowest BCUT2D eigenvalue weighted by Gasteiger charge is -2.07. The molecule has 0 aliphatic heterocycles. The minimum Gasteiger partial charge on any atom is -0.207 e. The van der Waals surface area contributed by atoms with E-state index in [1.165, 1.54) is 12.1 Å². The molecule has 0 heterocycles. The Kier molecular flexibility index (Phi) is 3.62. The molecule has 0 spiro atoms. The van der Waals surface area contributed by atoms with Crippen molar-refractivity contribution < 1.29 is 4.39 Å². The molecule has 88 valence electrons. The van der Waals surface area contributed by atoms with Gasteiger partial charge in [0, 0.05) is 0 Å². The van der Waals surface area contributed by atoms with Crippen molar-refractivity contribution in [2.24, 2.45) is 0 Å². The zero-order chi connectivity index (χ0) is 12.6. The summed E-state index contributed by atoms with van der Waals surface area (Å²) in [4.78, 5) is 0. The van der Waals surface area contributed by atoms with Gasteiger partial charge >= 0.3 is 0 Å². The van der Waals surface area contributed by atoms with Gasteiger partial charge in [-0.2, -0.15) is 0 Å². The topological polar surface area (TPSA) is 0 Å². The highest BCUT2D eigenvalue weighted by Crippen LogP contribution is 2.35. The van der Waals surface area contributed by atoms with Crippen LogP contribution in [0.5, 0.6) is 0 Å². The molecule has 0 fully saturated rings. The van der Waals surface area contributed by atoms with Crippen LogP contribution in [0.4, 0.5) is 4.39 Å². The van der Waals surface area contributed by atoms with E-state index in [4.69, 9.17) is 34.8 Å². The molecular weight excluding hydrogens is 282 g/mol. The highest BCUT2D eigenvalue weighted by atomic mass is 35.5. The first-order chi connectivity index (χ1) is 7.97. The van der Waals surface area contributed by atoms with Gasteiger partial charge < -0.3 is 0 Å². The van der Waals surface area contributed by atoms with Crippen LogP contribution in [-0.4, -0.2) is 0 Å². The average Bonchev–Trinajstić information content (AvgIpc) is 2.23. The molecule has 0 aliphatic carbocycles. The highest BCUT2D eigenvalue weighted by molar-refractivity contribution is 6.48. The van der Waals surface area contributed by atoms with E-state index >= 15 is 0 Å². The Morgan fingerprint density at radius 2 is 1.35 bits per heavy atom. The fraction of sp³-hybridized carbons (Fsp3) is 0.0769. The third-order valence-electron chi connectivity index (χ3n) is 2.36. The van der Waals surface area contributed by atoms with Crippen LogP contribution in [0.15, 0.2) is 30.3 Å². The van der Waals surface area contributed by atoms with Gasteiger partial charge in [-0.15, -0.1) is 0 Å². The Balaban J connectivity index is 2.60. The monoisotopic (exact) mass is 288 g/mol. The van der Waals surface area contributed by atoms with Crippen LogP contribution < -0.4 is 0 Å². The first-order valence-corrected chi connectivity index (χ1v) is 6.03. The highest BCUT2D eigenvalue weighted by Gasteiger charge is 2.08. The van der Waals surface area contributed by atoms with Crippen molar-refractivity contribution in [3.05, 3.63) is 56.8 Å². The van der Waals surface area contributed by atoms with E-state index in [1.807, 2.05) is 13.0 Å². The predicted octanol–water partition coefficient (Wildman–Crippen LogP) is 5.76. The van der Waals surface area contributed by atoms with E-state index in [0.717, 1.165) is 16.7 Å². The van der Waals surface area contributed by atoms with Crippen molar-refractivity contribution >= 4 is 34.8 Å².